The van der Waals surface area contributed by atoms with Gasteiger partial charge in [-0.05, 0) is 66.0 Å². The first kappa shape index (κ1) is 21.3. The van der Waals surface area contributed by atoms with Crippen LogP contribution < -0.4 is 15.4 Å². The molecule has 0 spiro atoms. The van der Waals surface area contributed by atoms with Crippen LogP contribution in [0, 0.1) is 0 Å². The van der Waals surface area contributed by atoms with Gasteiger partial charge in [-0.3, -0.25) is 14.5 Å². The Balaban J connectivity index is 1.54. The molecule has 0 aliphatic carbocycles. The maximum atomic E-state index is 12.3. The summed E-state index contributed by atoms with van der Waals surface area (Å²) in [5.41, 5.74) is 2.08. The second kappa shape index (κ2) is 11.0. The van der Waals surface area contributed by atoms with Crippen molar-refractivity contribution in [2.75, 3.05) is 26.7 Å². The fourth-order valence-electron chi connectivity index (χ4n) is 3.64. The average molecular weight is 416 g/mol. The summed E-state index contributed by atoms with van der Waals surface area (Å²) in [6.45, 7) is 2.77. The van der Waals surface area contributed by atoms with Gasteiger partial charge in [0.05, 0.1) is 13.2 Å². The topological polar surface area (TPSA) is 70.7 Å². The van der Waals surface area contributed by atoms with Crippen molar-refractivity contribution in [2.24, 2.45) is 0 Å². The highest BCUT2D eigenvalue weighted by atomic mass is 32.1. The smallest absolute Gasteiger partial charge is 0.309 e. The molecule has 1 saturated heterocycles. The van der Waals surface area contributed by atoms with Gasteiger partial charge in [0.1, 0.15) is 5.75 Å². The average Bonchev–Trinajstić information content (AvgIpc) is 3.15. The number of benzene rings is 1. The lowest BCUT2D eigenvalue weighted by Gasteiger charge is -2.30. The molecule has 6 nitrogen and oxygen atoms in total. The Bertz CT molecular complexity index is 786. The van der Waals surface area contributed by atoms with E-state index in [9.17, 15) is 9.59 Å². The van der Waals surface area contributed by atoms with Crippen LogP contribution in [0.2, 0.25) is 0 Å². The molecule has 2 amide bonds. The number of thiophene rings is 1. The van der Waals surface area contributed by atoms with Gasteiger partial charge in [0.25, 0.3) is 0 Å². The van der Waals surface area contributed by atoms with E-state index < -0.39 is 11.8 Å². The third kappa shape index (κ3) is 6.30. The Hall–Kier alpha value is -2.38. The highest BCUT2D eigenvalue weighted by Crippen LogP contribution is 2.25. The van der Waals surface area contributed by atoms with Crippen LogP contribution in [0.3, 0.4) is 0 Å². The van der Waals surface area contributed by atoms with Crippen molar-refractivity contribution in [1.82, 2.24) is 15.5 Å². The van der Waals surface area contributed by atoms with Crippen molar-refractivity contribution < 1.29 is 14.3 Å². The van der Waals surface area contributed by atoms with E-state index in [1.807, 2.05) is 24.3 Å². The van der Waals surface area contributed by atoms with Gasteiger partial charge >= 0.3 is 11.8 Å². The SMILES string of the molecule is COc1cccc(CNC(=O)C(=O)NCC(c2ccsc2)N2CCCCCC2)c1. The van der Waals surface area contributed by atoms with Crippen LogP contribution in [0.4, 0.5) is 0 Å². The molecule has 156 valence electrons. The molecule has 2 aromatic rings. The number of carbonyl (C=O) groups excluding carboxylic acids is 2. The van der Waals surface area contributed by atoms with Gasteiger partial charge in [0, 0.05) is 13.1 Å². The lowest BCUT2D eigenvalue weighted by Crippen LogP contribution is -2.44. The van der Waals surface area contributed by atoms with E-state index >= 15 is 0 Å². The maximum absolute atomic E-state index is 12.3. The van der Waals surface area contributed by atoms with Gasteiger partial charge in [0.15, 0.2) is 0 Å². The molecule has 7 heteroatoms. The van der Waals surface area contributed by atoms with Crippen molar-refractivity contribution in [3.63, 3.8) is 0 Å². The van der Waals surface area contributed by atoms with Crippen LogP contribution in [0.25, 0.3) is 0 Å². The number of nitrogens with one attached hydrogen (secondary N) is 2. The highest BCUT2D eigenvalue weighted by Gasteiger charge is 2.23. The number of hydrogen-bond acceptors (Lipinski definition) is 5. The summed E-state index contributed by atoms with van der Waals surface area (Å²) in [4.78, 5) is 27.0. The molecule has 0 saturated carbocycles. The Morgan fingerprint density at radius 1 is 1.10 bits per heavy atom. The molecule has 1 aromatic carbocycles. The first-order chi connectivity index (χ1) is 14.2. The zero-order chi connectivity index (χ0) is 20.5. The Kier molecular flexibility index (Phi) is 8.07. The Morgan fingerprint density at radius 2 is 1.86 bits per heavy atom. The largest absolute Gasteiger partial charge is 0.497 e. The molecule has 29 heavy (non-hydrogen) atoms. The van der Waals surface area contributed by atoms with Crippen LogP contribution in [0.15, 0.2) is 41.1 Å². The molecule has 3 rings (SSSR count). The molecule has 2 N–H and O–H groups in total. The van der Waals surface area contributed by atoms with E-state index in [0.717, 1.165) is 24.4 Å². The summed E-state index contributed by atoms with van der Waals surface area (Å²) < 4.78 is 5.18. The van der Waals surface area contributed by atoms with Crippen molar-refractivity contribution >= 4 is 23.2 Å². The van der Waals surface area contributed by atoms with Gasteiger partial charge in [-0.15, -0.1) is 0 Å². The van der Waals surface area contributed by atoms with Crippen LogP contribution in [-0.4, -0.2) is 43.5 Å². The van der Waals surface area contributed by atoms with E-state index in [1.165, 1.54) is 31.2 Å². The predicted octanol–water partition coefficient (Wildman–Crippen LogP) is 3.11. The zero-order valence-electron chi connectivity index (χ0n) is 16.9. The number of ether oxygens (including phenoxy) is 1. The summed E-state index contributed by atoms with van der Waals surface area (Å²) in [5.74, 6) is -0.493. The number of amides is 2. The standard InChI is InChI=1S/C22H29N3O3S/c1-28-19-8-6-7-17(13-19)14-23-21(26)22(27)24-15-20(18-9-12-29-16-18)25-10-4-2-3-5-11-25/h6-9,12-13,16,20H,2-5,10-11,14-15H2,1H3,(H,23,26)(H,24,27). The number of rotatable bonds is 7. The number of methoxy groups -OCH3 is 1. The van der Waals surface area contributed by atoms with E-state index in [1.54, 1.807) is 18.4 Å². The predicted molar refractivity (Wildman–Crippen MR) is 115 cm³/mol. The van der Waals surface area contributed by atoms with E-state index in [2.05, 4.69) is 32.4 Å². The fourth-order valence-corrected chi connectivity index (χ4v) is 4.35. The van der Waals surface area contributed by atoms with Gasteiger partial charge in [-0.25, -0.2) is 0 Å². The van der Waals surface area contributed by atoms with Crippen molar-refractivity contribution in [3.05, 3.63) is 52.2 Å². The van der Waals surface area contributed by atoms with Crippen LogP contribution in [0.5, 0.6) is 5.75 Å². The molecule has 1 aromatic heterocycles. The highest BCUT2D eigenvalue weighted by molar-refractivity contribution is 7.08. The normalized spacial score (nSPS) is 15.9. The van der Waals surface area contributed by atoms with Gasteiger partial charge in [-0.2, -0.15) is 11.3 Å². The minimum atomic E-state index is -0.618. The molecule has 1 aliphatic heterocycles. The Morgan fingerprint density at radius 3 is 2.55 bits per heavy atom. The number of likely N-dealkylation sites (tertiary alicyclic amines) is 1. The number of nitrogens with zero attached hydrogens (tertiary/aromatic N) is 1. The number of carbonyl (C=O) groups is 2. The van der Waals surface area contributed by atoms with Gasteiger partial charge in [-0.1, -0.05) is 25.0 Å². The summed E-state index contributed by atoms with van der Waals surface area (Å²) in [6.07, 6.45) is 4.86. The van der Waals surface area contributed by atoms with Crippen LogP contribution in [-0.2, 0) is 16.1 Å². The summed E-state index contributed by atoms with van der Waals surface area (Å²) in [5, 5.41) is 9.70. The fraction of sp³-hybridized carbons (Fsp3) is 0.455. The third-order valence-electron chi connectivity index (χ3n) is 5.26. The second-order valence-corrected chi connectivity index (χ2v) is 8.05. The van der Waals surface area contributed by atoms with E-state index in [0.29, 0.717) is 6.54 Å². The molecule has 0 bridgehead atoms. The van der Waals surface area contributed by atoms with Crippen LogP contribution in [0.1, 0.15) is 42.9 Å². The van der Waals surface area contributed by atoms with Crippen molar-refractivity contribution in [1.29, 1.82) is 0 Å². The lowest BCUT2D eigenvalue weighted by molar-refractivity contribution is -0.139. The first-order valence-corrected chi connectivity index (χ1v) is 11.1. The molecule has 0 radical (unpaired) electrons. The molecule has 2 heterocycles. The third-order valence-corrected chi connectivity index (χ3v) is 5.96. The summed E-state index contributed by atoms with van der Waals surface area (Å²) in [7, 11) is 1.60. The Labute approximate surface area is 176 Å². The maximum Gasteiger partial charge on any atom is 0.309 e. The molecule has 1 unspecified atom stereocenters. The monoisotopic (exact) mass is 415 g/mol. The molecular formula is C22H29N3O3S. The van der Waals surface area contributed by atoms with Crippen LogP contribution >= 0.6 is 11.3 Å². The molecule has 1 atom stereocenters. The minimum absolute atomic E-state index is 0.106. The van der Waals surface area contributed by atoms with Crippen molar-refractivity contribution in [2.45, 2.75) is 38.3 Å². The van der Waals surface area contributed by atoms with E-state index in [-0.39, 0.29) is 12.6 Å². The summed E-state index contributed by atoms with van der Waals surface area (Å²) in [6, 6.07) is 9.62. The first-order valence-electron chi connectivity index (χ1n) is 10.1. The second-order valence-electron chi connectivity index (χ2n) is 7.27. The molecule has 1 fully saturated rings. The molecule has 1 aliphatic rings. The molecular weight excluding hydrogens is 386 g/mol. The number of hydrogen-bond donors (Lipinski definition) is 2. The quantitative estimate of drug-likeness (QED) is 0.682. The van der Waals surface area contributed by atoms with Crippen molar-refractivity contribution in [3.8, 4) is 5.75 Å². The summed E-state index contributed by atoms with van der Waals surface area (Å²) >= 11 is 1.66. The van der Waals surface area contributed by atoms with Gasteiger partial charge in [0.2, 0.25) is 0 Å². The van der Waals surface area contributed by atoms with E-state index in [4.69, 9.17) is 4.74 Å². The van der Waals surface area contributed by atoms with Gasteiger partial charge < -0.3 is 15.4 Å². The lowest BCUT2D eigenvalue weighted by atomic mass is 10.1. The minimum Gasteiger partial charge on any atom is -0.497 e. The zero-order valence-corrected chi connectivity index (χ0v) is 17.7.